The van der Waals surface area contributed by atoms with E-state index in [0.717, 1.165) is 4.88 Å². The Balaban J connectivity index is 2.27. The van der Waals surface area contributed by atoms with Crippen LogP contribution in [0.2, 0.25) is 5.15 Å². The summed E-state index contributed by atoms with van der Waals surface area (Å²) in [5.41, 5.74) is 1.07. The van der Waals surface area contributed by atoms with Crippen LogP contribution in [-0.2, 0) is 0 Å². The van der Waals surface area contributed by atoms with Gasteiger partial charge in [0.25, 0.3) is 0 Å². The minimum Gasteiger partial charge on any atom is -0.227 e. The number of hydrogen-bond donors (Lipinski definition) is 0. The highest BCUT2D eigenvalue weighted by Crippen LogP contribution is 2.30. The monoisotopic (exact) mass is 292 g/mol. The van der Waals surface area contributed by atoms with Gasteiger partial charge in [-0.05, 0) is 37.6 Å². The third kappa shape index (κ3) is 2.22. The van der Waals surface area contributed by atoms with E-state index in [1.807, 2.05) is 19.1 Å². The van der Waals surface area contributed by atoms with E-state index in [4.69, 9.17) is 11.6 Å². The van der Waals surface area contributed by atoms with Crippen LogP contribution in [0.25, 0.3) is 21.6 Å². The maximum Gasteiger partial charge on any atom is 0.171 e. The molecule has 19 heavy (non-hydrogen) atoms. The highest BCUT2D eigenvalue weighted by atomic mass is 35.5. The standard InChI is InChI=1S/C14H10ClFN2S/c1-7-5-9-11(6-10(7)16)17-14(18-13(9)15)12-4-3-8(2)19-12/h3-6H,1-2H3. The molecule has 0 saturated heterocycles. The Morgan fingerprint density at radius 2 is 1.95 bits per heavy atom. The Labute approximate surface area is 118 Å². The van der Waals surface area contributed by atoms with Crippen molar-refractivity contribution in [2.45, 2.75) is 13.8 Å². The van der Waals surface area contributed by atoms with Gasteiger partial charge < -0.3 is 0 Å². The molecule has 0 atom stereocenters. The van der Waals surface area contributed by atoms with E-state index >= 15 is 0 Å². The van der Waals surface area contributed by atoms with Crippen molar-refractivity contribution < 1.29 is 4.39 Å². The van der Waals surface area contributed by atoms with Crippen molar-refractivity contribution in [3.05, 3.63) is 45.7 Å². The molecule has 0 N–H and O–H groups in total. The number of fused-ring (bicyclic) bond motifs is 1. The highest BCUT2D eigenvalue weighted by Gasteiger charge is 2.11. The molecular weight excluding hydrogens is 283 g/mol. The van der Waals surface area contributed by atoms with Gasteiger partial charge in [0.2, 0.25) is 0 Å². The number of rotatable bonds is 1. The SMILES string of the molecule is Cc1ccc(-c2nc(Cl)c3cc(C)c(F)cc3n2)s1. The molecule has 0 amide bonds. The fraction of sp³-hybridized carbons (Fsp3) is 0.143. The van der Waals surface area contributed by atoms with Crippen molar-refractivity contribution in [2.24, 2.45) is 0 Å². The number of nitrogens with zero attached hydrogens (tertiary/aromatic N) is 2. The molecule has 0 unspecified atom stereocenters. The predicted molar refractivity (Wildman–Crippen MR) is 77.3 cm³/mol. The van der Waals surface area contributed by atoms with Crippen molar-refractivity contribution in [2.75, 3.05) is 0 Å². The zero-order valence-corrected chi connectivity index (χ0v) is 11.9. The number of hydrogen-bond acceptors (Lipinski definition) is 3. The summed E-state index contributed by atoms with van der Waals surface area (Å²) >= 11 is 7.76. The predicted octanol–water partition coefficient (Wildman–Crippen LogP) is 4.77. The fourth-order valence-electron chi connectivity index (χ4n) is 1.89. The normalized spacial score (nSPS) is 11.2. The zero-order valence-electron chi connectivity index (χ0n) is 10.4. The van der Waals surface area contributed by atoms with Crippen molar-refractivity contribution in [3.63, 3.8) is 0 Å². The molecule has 0 spiro atoms. The summed E-state index contributed by atoms with van der Waals surface area (Å²) in [4.78, 5) is 10.8. The van der Waals surface area contributed by atoms with Gasteiger partial charge in [0.1, 0.15) is 11.0 Å². The topological polar surface area (TPSA) is 25.8 Å². The molecule has 3 rings (SSSR count). The summed E-state index contributed by atoms with van der Waals surface area (Å²) in [6.45, 7) is 3.71. The van der Waals surface area contributed by atoms with Crippen LogP contribution in [0.5, 0.6) is 0 Å². The third-order valence-corrected chi connectivity index (χ3v) is 4.18. The quantitative estimate of drug-likeness (QED) is 0.604. The van der Waals surface area contributed by atoms with Crippen LogP contribution in [0.1, 0.15) is 10.4 Å². The van der Waals surface area contributed by atoms with Crippen LogP contribution in [0, 0.1) is 19.7 Å². The lowest BCUT2D eigenvalue weighted by atomic mass is 10.1. The summed E-state index contributed by atoms with van der Waals surface area (Å²) < 4.78 is 13.6. The van der Waals surface area contributed by atoms with Crippen LogP contribution in [0.4, 0.5) is 4.39 Å². The molecule has 2 nitrogen and oxygen atoms in total. The summed E-state index contributed by atoms with van der Waals surface area (Å²) in [5.74, 6) is 0.259. The second-order valence-corrected chi connectivity index (χ2v) is 6.01. The van der Waals surface area contributed by atoms with Crippen LogP contribution < -0.4 is 0 Å². The van der Waals surface area contributed by atoms with Gasteiger partial charge in [-0.1, -0.05) is 11.6 Å². The third-order valence-electron chi connectivity index (χ3n) is 2.89. The van der Waals surface area contributed by atoms with Crippen molar-refractivity contribution in [1.29, 1.82) is 0 Å². The molecule has 0 aliphatic heterocycles. The first-order chi connectivity index (χ1) is 9.04. The molecule has 0 fully saturated rings. The van der Waals surface area contributed by atoms with Gasteiger partial charge in [0.05, 0.1) is 10.4 Å². The smallest absolute Gasteiger partial charge is 0.171 e. The van der Waals surface area contributed by atoms with E-state index in [1.54, 1.807) is 24.3 Å². The van der Waals surface area contributed by atoms with Gasteiger partial charge in [-0.25, -0.2) is 14.4 Å². The van der Waals surface area contributed by atoms with E-state index in [-0.39, 0.29) is 5.82 Å². The Bertz CT molecular complexity index is 782. The average molecular weight is 293 g/mol. The first-order valence-corrected chi connectivity index (χ1v) is 6.94. The van der Waals surface area contributed by atoms with E-state index in [2.05, 4.69) is 9.97 Å². The Hall–Kier alpha value is -1.52. The fourth-order valence-corrected chi connectivity index (χ4v) is 2.92. The van der Waals surface area contributed by atoms with Gasteiger partial charge in [-0.3, -0.25) is 0 Å². The summed E-state index contributed by atoms with van der Waals surface area (Å²) in [5, 5.41) is 1.03. The average Bonchev–Trinajstić information content (AvgIpc) is 2.78. The van der Waals surface area contributed by atoms with Crippen LogP contribution >= 0.6 is 22.9 Å². The number of thiophene rings is 1. The Morgan fingerprint density at radius 3 is 2.63 bits per heavy atom. The Kier molecular flexibility index (Phi) is 2.99. The van der Waals surface area contributed by atoms with Crippen molar-refractivity contribution in [3.8, 4) is 10.7 Å². The van der Waals surface area contributed by atoms with Crippen LogP contribution in [-0.4, -0.2) is 9.97 Å². The lowest BCUT2D eigenvalue weighted by Gasteiger charge is -2.05. The largest absolute Gasteiger partial charge is 0.227 e. The first kappa shape index (κ1) is 12.5. The Morgan fingerprint density at radius 1 is 1.16 bits per heavy atom. The molecule has 0 aliphatic rings. The lowest BCUT2D eigenvalue weighted by Crippen LogP contribution is -1.92. The molecule has 96 valence electrons. The van der Waals surface area contributed by atoms with Crippen LogP contribution in [0.15, 0.2) is 24.3 Å². The molecule has 5 heteroatoms. The van der Waals surface area contributed by atoms with Gasteiger partial charge in [0.15, 0.2) is 5.82 Å². The maximum absolute atomic E-state index is 13.6. The number of aromatic nitrogens is 2. The summed E-state index contributed by atoms with van der Waals surface area (Å²) in [7, 11) is 0. The minimum absolute atomic E-state index is 0.282. The molecule has 0 bridgehead atoms. The molecule has 1 aromatic carbocycles. The van der Waals surface area contributed by atoms with E-state index in [0.29, 0.717) is 27.4 Å². The van der Waals surface area contributed by atoms with Crippen molar-refractivity contribution in [1.82, 2.24) is 9.97 Å². The number of halogens is 2. The van der Waals surface area contributed by atoms with Gasteiger partial charge in [-0.2, -0.15) is 0 Å². The van der Waals surface area contributed by atoms with E-state index in [9.17, 15) is 4.39 Å². The van der Waals surface area contributed by atoms with E-state index in [1.165, 1.54) is 10.9 Å². The van der Waals surface area contributed by atoms with Crippen molar-refractivity contribution >= 4 is 33.8 Å². The summed E-state index contributed by atoms with van der Waals surface area (Å²) in [6, 6.07) is 7.03. The molecule has 2 heterocycles. The second-order valence-electron chi connectivity index (χ2n) is 4.37. The zero-order chi connectivity index (χ0) is 13.6. The number of benzene rings is 1. The molecule has 0 radical (unpaired) electrons. The van der Waals surface area contributed by atoms with Crippen LogP contribution in [0.3, 0.4) is 0 Å². The number of aryl methyl sites for hydroxylation is 2. The highest BCUT2D eigenvalue weighted by molar-refractivity contribution is 7.15. The second kappa shape index (κ2) is 4.54. The molecule has 0 saturated carbocycles. The van der Waals surface area contributed by atoms with Gasteiger partial charge >= 0.3 is 0 Å². The lowest BCUT2D eigenvalue weighted by molar-refractivity contribution is 0.620. The van der Waals surface area contributed by atoms with Gasteiger partial charge in [-0.15, -0.1) is 11.3 Å². The van der Waals surface area contributed by atoms with Gasteiger partial charge in [0, 0.05) is 16.3 Å². The molecule has 0 aliphatic carbocycles. The molecule has 3 aromatic rings. The first-order valence-electron chi connectivity index (χ1n) is 5.75. The maximum atomic E-state index is 13.6. The summed E-state index contributed by atoms with van der Waals surface area (Å²) in [6.07, 6.45) is 0. The van der Waals surface area contributed by atoms with E-state index < -0.39 is 0 Å². The minimum atomic E-state index is -0.282. The molecule has 2 aromatic heterocycles. The molecular formula is C14H10ClFN2S.